The molecule has 106 valence electrons. The molecule has 2 atom stereocenters. The Morgan fingerprint density at radius 3 is 2.53 bits per heavy atom. The molecule has 1 rings (SSSR count). The number of unbranched alkanes of at least 4 members (excludes halogenated alkanes) is 1. The van der Waals surface area contributed by atoms with Crippen LogP contribution in [0.15, 0.2) is 30.9 Å². The van der Waals surface area contributed by atoms with Crippen LogP contribution in [0.4, 0.5) is 8.78 Å². The molecule has 0 spiro atoms. The van der Waals surface area contributed by atoms with E-state index in [9.17, 15) is 13.0 Å². The highest BCUT2D eigenvalue weighted by atomic mass is 32.2. The Balaban J connectivity index is 2.81. The summed E-state index contributed by atoms with van der Waals surface area (Å²) in [6.45, 7) is 5.63. The second-order valence-electron chi connectivity index (χ2n) is 4.30. The van der Waals surface area contributed by atoms with Gasteiger partial charge in [-0.15, -0.1) is 6.58 Å². The number of rotatable bonds is 8. The number of benzene rings is 1. The van der Waals surface area contributed by atoms with Crippen molar-refractivity contribution in [1.82, 2.24) is 4.72 Å². The van der Waals surface area contributed by atoms with Gasteiger partial charge in [-0.25, -0.2) is 17.7 Å². The zero-order chi connectivity index (χ0) is 14.3. The molecular formula is C14H19F2NOS. The molecule has 0 bridgehead atoms. The van der Waals surface area contributed by atoms with Gasteiger partial charge in [0.1, 0.15) is 11.6 Å². The Bertz CT molecular complexity index is 431. The van der Waals surface area contributed by atoms with E-state index in [0.717, 1.165) is 18.9 Å². The van der Waals surface area contributed by atoms with Crippen LogP contribution in [0.5, 0.6) is 0 Å². The first-order valence-corrected chi connectivity index (χ1v) is 7.60. The molecule has 0 aromatic heterocycles. The molecule has 19 heavy (non-hydrogen) atoms. The molecule has 0 heterocycles. The van der Waals surface area contributed by atoms with Gasteiger partial charge >= 0.3 is 0 Å². The molecule has 0 saturated carbocycles. The van der Waals surface area contributed by atoms with Crippen molar-refractivity contribution in [2.45, 2.75) is 32.2 Å². The maximum Gasteiger partial charge on any atom is 0.126 e. The smallest absolute Gasteiger partial charge is 0.126 e. The summed E-state index contributed by atoms with van der Waals surface area (Å²) in [6.07, 6.45) is 3.89. The van der Waals surface area contributed by atoms with E-state index in [0.29, 0.717) is 17.7 Å². The highest BCUT2D eigenvalue weighted by Crippen LogP contribution is 2.20. The number of nitrogens with one attached hydrogen (secondary N) is 1. The topological polar surface area (TPSA) is 29.1 Å². The van der Waals surface area contributed by atoms with Gasteiger partial charge < -0.3 is 0 Å². The van der Waals surface area contributed by atoms with Crippen molar-refractivity contribution in [3.63, 3.8) is 0 Å². The fourth-order valence-electron chi connectivity index (χ4n) is 1.69. The Morgan fingerprint density at radius 2 is 2.00 bits per heavy atom. The van der Waals surface area contributed by atoms with Gasteiger partial charge in [-0.2, -0.15) is 0 Å². The normalized spacial score (nSPS) is 14.1. The highest BCUT2D eigenvalue weighted by Gasteiger charge is 2.14. The first-order valence-electron chi connectivity index (χ1n) is 6.28. The highest BCUT2D eigenvalue weighted by molar-refractivity contribution is 7.83. The van der Waals surface area contributed by atoms with E-state index < -0.39 is 22.6 Å². The summed E-state index contributed by atoms with van der Waals surface area (Å²) in [4.78, 5) is 0. The third-order valence-corrected chi connectivity index (χ3v) is 3.85. The minimum absolute atomic E-state index is 0.389. The average Bonchev–Trinajstić information content (AvgIpc) is 2.34. The van der Waals surface area contributed by atoms with Crippen molar-refractivity contribution in [3.05, 3.63) is 48.1 Å². The van der Waals surface area contributed by atoms with Gasteiger partial charge in [0.15, 0.2) is 0 Å². The first-order chi connectivity index (χ1) is 9.06. The van der Waals surface area contributed by atoms with Gasteiger partial charge in [0.05, 0.1) is 11.0 Å². The van der Waals surface area contributed by atoms with E-state index in [4.69, 9.17) is 0 Å². The molecular weight excluding hydrogens is 268 g/mol. The summed E-state index contributed by atoms with van der Waals surface area (Å²) in [5, 5.41) is 0. The molecule has 1 unspecified atom stereocenters. The third kappa shape index (κ3) is 5.61. The zero-order valence-corrected chi connectivity index (χ0v) is 11.8. The molecule has 0 saturated heterocycles. The Morgan fingerprint density at radius 1 is 1.37 bits per heavy atom. The van der Waals surface area contributed by atoms with Crippen LogP contribution in [0.25, 0.3) is 0 Å². The van der Waals surface area contributed by atoms with Crippen molar-refractivity contribution in [1.29, 1.82) is 0 Å². The lowest BCUT2D eigenvalue weighted by atomic mass is 10.0. The minimum Gasteiger partial charge on any atom is -0.243 e. The predicted octanol–water partition coefficient (Wildman–Crippen LogP) is 3.64. The molecule has 0 aliphatic carbocycles. The quantitative estimate of drug-likeness (QED) is 0.727. The fraction of sp³-hybridized carbons (Fsp3) is 0.429. The second-order valence-corrected chi connectivity index (χ2v) is 5.64. The monoisotopic (exact) mass is 287 g/mol. The van der Waals surface area contributed by atoms with E-state index in [1.165, 1.54) is 12.1 Å². The van der Waals surface area contributed by atoms with Crippen LogP contribution in [0, 0.1) is 11.6 Å². The lowest BCUT2D eigenvalue weighted by Gasteiger charge is -2.17. The second kappa shape index (κ2) is 8.17. The van der Waals surface area contributed by atoms with Crippen molar-refractivity contribution in [2.24, 2.45) is 0 Å². The van der Waals surface area contributed by atoms with Crippen molar-refractivity contribution in [3.8, 4) is 0 Å². The standard InChI is InChI=1S/C14H19F2NOS/c1-3-5-7-19(18)17-14(6-4-2)11-8-12(15)10-13(16)9-11/h4,8-10,14,17H,2-3,5-7H2,1H3/t14-,19?/m0/s1. The van der Waals surface area contributed by atoms with Crippen LogP contribution in [0.1, 0.15) is 37.8 Å². The molecule has 0 radical (unpaired) electrons. The molecule has 0 amide bonds. The van der Waals surface area contributed by atoms with E-state index in [-0.39, 0.29) is 6.04 Å². The van der Waals surface area contributed by atoms with Gasteiger partial charge in [-0.05, 0) is 30.5 Å². The molecule has 0 aliphatic rings. The number of hydrogen-bond donors (Lipinski definition) is 1. The van der Waals surface area contributed by atoms with Crippen LogP contribution >= 0.6 is 0 Å². The maximum atomic E-state index is 13.2. The van der Waals surface area contributed by atoms with E-state index in [1.54, 1.807) is 6.08 Å². The lowest BCUT2D eigenvalue weighted by Crippen LogP contribution is -2.25. The van der Waals surface area contributed by atoms with Gasteiger partial charge in [0, 0.05) is 17.9 Å². The van der Waals surface area contributed by atoms with Crippen LogP contribution < -0.4 is 4.72 Å². The summed E-state index contributed by atoms with van der Waals surface area (Å²) in [5.74, 6) is -0.738. The summed E-state index contributed by atoms with van der Waals surface area (Å²) >= 11 is 0. The minimum atomic E-state index is -1.21. The molecule has 1 aromatic carbocycles. The van der Waals surface area contributed by atoms with Crippen LogP contribution in [-0.4, -0.2) is 9.96 Å². The molecule has 1 aromatic rings. The predicted molar refractivity (Wildman–Crippen MR) is 75.0 cm³/mol. The summed E-state index contributed by atoms with van der Waals surface area (Å²) in [6, 6.07) is 2.94. The lowest BCUT2D eigenvalue weighted by molar-refractivity contribution is 0.566. The molecule has 0 fully saturated rings. The Hall–Kier alpha value is -1.07. The summed E-state index contributed by atoms with van der Waals surface area (Å²) in [5.41, 5.74) is 0.447. The van der Waals surface area contributed by atoms with Crippen LogP contribution in [-0.2, 0) is 11.0 Å². The fourth-order valence-corrected chi connectivity index (χ4v) is 2.91. The third-order valence-electron chi connectivity index (χ3n) is 2.65. The van der Waals surface area contributed by atoms with Gasteiger partial charge in [0.25, 0.3) is 0 Å². The average molecular weight is 287 g/mol. The zero-order valence-electron chi connectivity index (χ0n) is 11.0. The van der Waals surface area contributed by atoms with E-state index in [1.807, 2.05) is 6.92 Å². The number of halogens is 2. The maximum absolute atomic E-state index is 13.2. The SMILES string of the molecule is C=CC[C@H](NS(=O)CCCC)c1cc(F)cc(F)c1. The largest absolute Gasteiger partial charge is 0.243 e. The van der Waals surface area contributed by atoms with Crippen LogP contribution in [0.3, 0.4) is 0 Å². The van der Waals surface area contributed by atoms with E-state index >= 15 is 0 Å². The summed E-state index contributed by atoms with van der Waals surface area (Å²) in [7, 11) is -1.21. The summed E-state index contributed by atoms with van der Waals surface area (Å²) < 4.78 is 41.1. The first kappa shape index (κ1) is 16.0. The Kier molecular flexibility index (Phi) is 6.87. The molecule has 2 nitrogen and oxygen atoms in total. The van der Waals surface area contributed by atoms with Crippen molar-refractivity contribution >= 4 is 11.0 Å². The van der Waals surface area contributed by atoms with E-state index in [2.05, 4.69) is 11.3 Å². The Labute approximate surface area is 115 Å². The number of hydrogen-bond acceptors (Lipinski definition) is 1. The molecule has 1 N–H and O–H groups in total. The van der Waals surface area contributed by atoms with Crippen molar-refractivity contribution in [2.75, 3.05) is 5.75 Å². The molecule has 5 heteroatoms. The van der Waals surface area contributed by atoms with Gasteiger partial charge in [0.2, 0.25) is 0 Å². The molecule has 0 aliphatic heterocycles. The van der Waals surface area contributed by atoms with Crippen LogP contribution in [0.2, 0.25) is 0 Å². The van der Waals surface area contributed by atoms with Gasteiger partial charge in [-0.1, -0.05) is 19.4 Å². The van der Waals surface area contributed by atoms with Gasteiger partial charge in [-0.3, -0.25) is 0 Å². The van der Waals surface area contributed by atoms with Crippen molar-refractivity contribution < 1.29 is 13.0 Å².